The summed E-state index contributed by atoms with van der Waals surface area (Å²) in [6.45, 7) is 4.08. The topological polar surface area (TPSA) is 84.3 Å². The summed E-state index contributed by atoms with van der Waals surface area (Å²) in [7, 11) is 0. The fourth-order valence-corrected chi connectivity index (χ4v) is 1.41. The number of hydrogen-bond donors (Lipinski definition) is 3. The van der Waals surface area contributed by atoms with E-state index in [1.54, 1.807) is 25.1 Å². The summed E-state index contributed by atoms with van der Waals surface area (Å²) in [5, 5.41) is 12.8. The molecule has 1 atom stereocenters. The molecule has 5 nitrogen and oxygen atoms in total. The van der Waals surface area contributed by atoms with Crippen LogP contribution < -0.4 is 11.1 Å². The lowest BCUT2D eigenvalue weighted by Gasteiger charge is -2.20. The highest BCUT2D eigenvalue weighted by atomic mass is 16.4. The summed E-state index contributed by atoms with van der Waals surface area (Å²) in [5.74, 6) is 0. The minimum atomic E-state index is -0.764. The largest absolute Gasteiger partial charge is 0.424 e. The van der Waals surface area contributed by atoms with E-state index in [1.165, 1.54) is 0 Å². The van der Waals surface area contributed by atoms with E-state index in [0.717, 1.165) is 0 Å². The molecule has 0 fully saturated rings. The lowest BCUT2D eigenvalue weighted by molar-refractivity contribution is 0.0692. The van der Waals surface area contributed by atoms with Crippen LogP contribution in [-0.2, 0) is 0 Å². The zero-order valence-electron chi connectivity index (χ0n) is 10.0. The number of nitrogens with two attached hydrogens (primary N) is 1. The lowest BCUT2D eigenvalue weighted by Crippen LogP contribution is -2.32. The van der Waals surface area contributed by atoms with Gasteiger partial charge in [-0.3, -0.25) is 0 Å². The van der Waals surface area contributed by atoms with Gasteiger partial charge in [0, 0.05) is 12.2 Å². The second-order valence-electron chi connectivity index (χ2n) is 4.45. The molecule has 0 aliphatic rings. The molecule has 0 saturated carbocycles. The summed E-state index contributed by atoms with van der Waals surface area (Å²) in [4.78, 5) is 4.24. The predicted octanol–water partition coefficient (Wildman–Crippen LogP) is 1.98. The van der Waals surface area contributed by atoms with Crippen LogP contribution in [0.3, 0.4) is 0 Å². The van der Waals surface area contributed by atoms with E-state index in [-0.39, 0.29) is 0 Å². The normalized spacial score (nSPS) is 14.8. The number of nitrogens with zero attached hydrogens (tertiary/aromatic N) is 1. The van der Waals surface area contributed by atoms with E-state index >= 15 is 0 Å². The maximum atomic E-state index is 9.85. The summed E-state index contributed by atoms with van der Waals surface area (Å²) in [6.07, 6.45) is 0.660. The SMILES string of the molecule is CCC(C)(O)CNc1nc2cc(N)ccc2o1. The van der Waals surface area contributed by atoms with Gasteiger partial charge in [0.25, 0.3) is 6.01 Å². The molecule has 0 radical (unpaired) electrons. The van der Waals surface area contributed by atoms with Crippen molar-refractivity contribution in [1.29, 1.82) is 0 Å². The van der Waals surface area contributed by atoms with Crippen LogP contribution in [-0.4, -0.2) is 22.2 Å². The molecule has 5 heteroatoms. The monoisotopic (exact) mass is 235 g/mol. The van der Waals surface area contributed by atoms with Crippen molar-refractivity contribution >= 4 is 22.8 Å². The number of aromatic nitrogens is 1. The van der Waals surface area contributed by atoms with Gasteiger partial charge in [-0.2, -0.15) is 4.98 Å². The van der Waals surface area contributed by atoms with Crippen molar-refractivity contribution in [3.63, 3.8) is 0 Å². The fourth-order valence-electron chi connectivity index (χ4n) is 1.41. The van der Waals surface area contributed by atoms with Crippen molar-refractivity contribution in [1.82, 2.24) is 4.98 Å². The molecule has 17 heavy (non-hydrogen) atoms. The van der Waals surface area contributed by atoms with E-state index in [1.807, 2.05) is 6.92 Å². The van der Waals surface area contributed by atoms with Crippen LogP contribution in [0.2, 0.25) is 0 Å². The number of hydrogen-bond acceptors (Lipinski definition) is 5. The molecule has 1 aromatic carbocycles. The minimum Gasteiger partial charge on any atom is -0.424 e. The smallest absolute Gasteiger partial charge is 0.295 e. The molecular formula is C12H17N3O2. The Bertz CT molecular complexity index is 519. The number of oxazole rings is 1. The maximum absolute atomic E-state index is 9.85. The minimum absolute atomic E-state index is 0.395. The predicted molar refractivity (Wildman–Crippen MR) is 67.8 cm³/mol. The number of nitrogen functional groups attached to an aromatic ring is 1. The summed E-state index contributed by atoms with van der Waals surface area (Å²) < 4.78 is 5.47. The molecule has 0 saturated heterocycles. The van der Waals surface area contributed by atoms with Crippen molar-refractivity contribution in [2.45, 2.75) is 25.9 Å². The molecule has 92 valence electrons. The first-order valence-electron chi connectivity index (χ1n) is 5.62. The molecule has 1 unspecified atom stereocenters. The van der Waals surface area contributed by atoms with Gasteiger partial charge in [0.15, 0.2) is 5.58 Å². The molecule has 1 aromatic heterocycles. The highest BCUT2D eigenvalue weighted by molar-refractivity contribution is 5.78. The van der Waals surface area contributed by atoms with Crippen LogP contribution in [0.4, 0.5) is 11.7 Å². The van der Waals surface area contributed by atoms with Crippen molar-refractivity contribution in [3.05, 3.63) is 18.2 Å². The number of benzene rings is 1. The summed E-state index contributed by atoms with van der Waals surface area (Å²) in [6, 6.07) is 5.70. The van der Waals surface area contributed by atoms with Crippen molar-refractivity contribution in [2.24, 2.45) is 0 Å². The Morgan fingerprint density at radius 3 is 3.00 bits per heavy atom. The van der Waals surface area contributed by atoms with Gasteiger partial charge in [0.05, 0.1) is 5.60 Å². The van der Waals surface area contributed by atoms with E-state index in [9.17, 15) is 5.11 Å². The van der Waals surface area contributed by atoms with Crippen LogP contribution in [0.5, 0.6) is 0 Å². The molecule has 4 N–H and O–H groups in total. The first kappa shape index (κ1) is 11.7. The Hall–Kier alpha value is -1.75. The molecule has 0 spiro atoms. The third-order valence-corrected chi connectivity index (χ3v) is 2.79. The first-order valence-corrected chi connectivity index (χ1v) is 5.62. The maximum Gasteiger partial charge on any atom is 0.295 e. The average molecular weight is 235 g/mol. The van der Waals surface area contributed by atoms with Crippen molar-refractivity contribution < 1.29 is 9.52 Å². The highest BCUT2D eigenvalue weighted by Crippen LogP contribution is 2.21. The van der Waals surface area contributed by atoms with E-state index in [2.05, 4.69) is 10.3 Å². The van der Waals surface area contributed by atoms with Gasteiger partial charge in [0.1, 0.15) is 5.52 Å². The molecule has 0 bridgehead atoms. The second kappa shape index (κ2) is 4.25. The van der Waals surface area contributed by atoms with Crippen LogP contribution in [0.1, 0.15) is 20.3 Å². The zero-order chi connectivity index (χ0) is 12.5. The van der Waals surface area contributed by atoms with Crippen LogP contribution in [0, 0.1) is 0 Å². The Balaban J connectivity index is 2.15. The first-order chi connectivity index (χ1) is 8.00. The van der Waals surface area contributed by atoms with Crippen LogP contribution >= 0.6 is 0 Å². The highest BCUT2D eigenvalue weighted by Gasteiger charge is 2.18. The van der Waals surface area contributed by atoms with Gasteiger partial charge >= 0.3 is 0 Å². The van der Waals surface area contributed by atoms with E-state index in [0.29, 0.717) is 35.8 Å². The number of aliphatic hydroxyl groups is 1. The molecule has 0 aliphatic heterocycles. The van der Waals surface area contributed by atoms with Gasteiger partial charge in [-0.05, 0) is 31.5 Å². The van der Waals surface area contributed by atoms with Crippen molar-refractivity contribution in [3.8, 4) is 0 Å². The number of nitrogens with one attached hydrogen (secondary N) is 1. The zero-order valence-corrected chi connectivity index (χ0v) is 10.0. The number of anilines is 2. The number of rotatable bonds is 4. The summed E-state index contributed by atoms with van der Waals surface area (Å²) in [5.41, 5.74) is 6.93. The quantitative estimate of drug-likeness (QED) is 0.706. The molecule has 0 aliphatic carbocycles. The van der Waals surface area contributed by atoms with Crippen molar-refractivity contribution in [2.75, 3.05) is 17.6 Å². The van der Waals surface area contributed by atoms with Gasteiger partial charge in [-0.1, -0.05) is 6.92 Å². The molecule has 2 rings (SSSR count). The standard InChI is InChI=1S/C12H17N3O2/c1-3-12(2,16)7-14-11-15-9-6-8(13)4-5-10(9)17-11/h4-6,16H,3,7,13H2,1-2H3,(H,14,15). The van der Waals surface area contributed by atoms with Gasteiger partial charge in [0.2, 0.25) is 0 Å². The van der Waals surface area contributed by atoms with Crippen LogP contribution in [0.25, 0.3) is 11.1 Å². The Morgan fingerprint density at radius 2 is 2.29 bits per heavy atom. The third kappa shape index (κ3) is 2.68. The molecular weight excluding hydrogens is 218 g/mol. The van der Waals surface area contributed by atoms with E-state index in [4.69, 9.17) is 10.2 Å². The third-order valence-electron chi connectivity index (χ3n) is 2.79. The lowest BCUT2D eigenvalue weighted by atomic mass is 10.0. The number of fused-ring (bicyclic) bond motifs is 1. The van der Waals surface area contributed by atoms with Crippen LogP contribution in [0.15, 0.2) is 22.6 Å². The van der Waals surface area contributed by atoms with Gasteiger partial charge in [-0.25, -0.2) is 0 Å². The molecule has 2 aromatic rings. The van der Waals surface area contributed by atoms with E-state index < -0.39 is 5.60 Å². The van der Waals surface area contributed by atoms with Gasteiger partial charge < -0.3 is 20.6 Å². The van der Waals surface area contributed by atoms with Gasteiger partial charge in [-0.15, -0.1) is 0 Å². The molecule has 0 amide bonds. The molecule has 1 heterocycles. The summed E-state index contributed by atoms with van der Waals surface area (Å²) >= 11 is 0. The Kier molecular flexibility index (Phi) is 2.93. The average Bonchev–Trinajstić information content (AvgIpc) is 2.68. The fraction of sp³-hybridized carbons (Fsp3) is 0.417. The Morgan fingerprint density at radius 1 is 1.53 bits per heavy atom. The second-order valence-corrected chi connectivity index (χ2v) is 4.45. The Labute approximate surface area is 99.6 Å².